The Hall–Kier alpha value is -0.170. The first kappa shape index (κ1) is 7.48. The summed E-state index contributed by atoms with van der Waals surface area (Å²) in [6.07, 6.45) is 10.7. The zero-order valence-electron chi connectivity index (χ0n) is 7.13. The van der Waals surface area contributed by atoms with Gasteiger partial charge in [0.1, 0.15) is 0 Å². The maximum atomic E-state index is 5.97. The van der Waals surface area contributed by atoms with Crippen LogP contribution in [-0.2, 0) is 0 Å². The molecule has 0 unspecified atom stereocenters. The summed E-state index contributed by atoms with van der Waals surface area (Å²) in [5, 5.41) is 0. The van der Waals surface area contributed by atoms with E-state index < -0.39 is 0 Å². The van der Waals surface area contributed by atoms with Gasteiger partial charge in [-0.05, 0) is 31.6 Å². The lowest BCUT2D eigenvalue weighted by Gasteiger charge is -2.26. The largest absolute Gasteiger partial charge is 0.328 e. The summed E-state index contributed by atoms with van der Waals surface area (Å²) in [6, 6.07) is 0.507. The molecule has 0 spiro atoms. The molecule has 2 N–H and O–H groups in total. The van der Waals surface area contributed by atoms with Crippen LogP contribution in [0.15, 0.2) is 0 Å². The minimum absolute atomic E-state index is 0.507. The van der Waals surface area contributed by atoms with Crippen LogP contribution in [0.4, 0.5) is 0 Å². The summed E-state index contributed by atoms with van der Waals surface area (Å²) in [4.78, 5) is 0. The minimum atomic E-state index is 0.507. The quantitative estimate of drug-likeness (QED) is 0.529. The summed E-state index contributed by atoms with van der Waals surface area (Å²) >= 11 is 0. The van der Waals surface area contributed by atoms with Crippen LogP contribution in [0.5, 0.6) is 0 Å². The smallest absolute Gasteiger partial charge is 0.0995 e. The number of nitrogens with two attached hydrogens (primary N) is 1. The van der Waals surface area contributed by atoms with E-state index in [1.54, 1.807) is 0 Å². The van der Waals surface area contributed by atoms with E-state index in [0.29, 0.717) is 6.04 Å². The van der Waals surface area contributed by atoms with Crippen molar-refractivity contribution < 1.29 is 0 Å². The highest BCUT2D eigenvalue weighted by molar-refractivity contribution is 4.90. The summed E-state index contributed by atoms with van der Waals surface area (Å²) in [5.74, 6) is 1.83. The van der Waals surface area contributed by atoms with Crippen molar-refractivity contribution in [3.63, 3.8) is 0 Å². The lowest BCUT2D eigenvalue weighted by Crippen LogP contribution is -2.31. The van der Waals surface area contributed by atoms with E-state index in [2.05, 4.69) is 6.42 Å². The van der Waals surface area contributed by atoms with Gasteiger partial charge in [0, 0.05) is 12.5 Å². The maximum absolute atomic E-state index is 5.97. The molecule has 2 aliphatic rings. The number of rotatable bonds is 0. The Balaban J connectivity index is 1.99. The molecule has 0 aromatic heterocycles. The van der Waals surface area contributed by atoms with Gasteiger partial charge in [0.2, 0.25) is 0 Å². The van der Waals surface area contributed by atoms with Crippen molar-refractivity contribution in [2.45, 2.75) is 44.6 Å². The summed E-state index contributed by atoms with van der Waals surface area (Å²) in [7, 11) is 0. The van der Waals surface area contributed by atoms with Crippen LogP contribution in [-0.4, -0.2) is 6.04 Å². The first-order valence-electron chi connectivity index (χ1n) is 4.93. The van der Waals surface area contributed by atoms with Gasteiger partial charge in [0.15, 0.2) is 0 Å². The summed E-state index contributed by atoms with van der Waals surface area (Å²) in [6.45, 7) is 0. The van der Waals surface area contributed by atoms with E-state index in [1.165, 1.54) is 38.5 Å². The van der Waals surface area contributed by atoms with Crippen LogP contribution < -0.4 is 5.73 Å². The van der Waals surface area contributed by atoms with Crippen molar-refractivity contribution in [3.05, 3.63) is 6.42 Å². The molecule has 2 rings (SSSR count). The molecule has 2 saturated carbocycles. The molecule has 2 fully saturated rings. The molecule has 62 valence electrons. The molecule has 1 heteroatoms. The average Bonchev–Trinajstić information content (AvgIpc) is 2.11. The Bertz CT molecular complexity index is 119. The molecule has 0 aromatic rings. The van der Waals surface area contributed by atoms with Crippen LogP contribution in [0.3, 0.4) is 0 Å². The van der Waals surface area contributed by atoms with Crippen molar-refractivity contribution in [1.82, 2.24) is 0 Å². The molecule has 3 atom stereocenters. The molecular weight excluding hydrogens is 134 g/mol. The van der Waals surface area contributed by atoms with Gasteiger partial charge in [-0.15, -0.1) is 0 Å². The van der Waals surface area contributed by atoms with Crippen molar-refractivity contribution in [2.24, 2.45) is 17.6 Å². The number of hydrogen-bond donors (Lipinski definition) is 1. The predicted molar refractivity (Wildman–Crippen MR) is 47.0 cm³/mol. The third-order valence-corrected chi connectivity index (χ3v) is 3.19. The van der Waals surface area contributed by atoms with E-state index in [9.17, 15) is 0 Å². The van der Waals surface area contributed by atoms with Gasteiger partial charge in [-0.3, -0.25) is 0 Å². The monoisotopic (exact) mass is 152 g/mol. The lowest BCUT2D eigenvalue weighted by atomic mass is 9.78. The van der Waals surface area contributed by atoms with E-state index in [0.717, 1.165) is 11.8 Å². The fourth-order valence-electron chi connectivity index (χ4n) is 2.72. The highest BCUT2D eigenvalue weighted by Crippen LogP contribution is 2.36. The standard InChI is InChI=1S/C10H18N/c11-10-6-8-3-1-2-4-9(5-8)7-10/h3,8-10H,1-2,4-7,11H2/q+1/t8-,9+,10+/m1/s1. The molecule has 1 nitrogen and oxygen atoms in total. The highest BCUT2D eigenvalue weighted by atomic mass is 14.6. The predicted octanol–water partition coefficient (Wildman–Crippen LogP) is 2.12. The fraction of sp³-hybridized carbons (Fsp3) is 0.900. The van der Waals surface area contributed by atoms with Gasteiger partial charge in [0.05, 0.1) is 18.8 Å². The molecule has 0 saturated heterocycles. The average molecular weight is 152 g/mol. The van der Waals surface area contributed by atoms with Crippen molar-refractivity contribution in [1.29, 1.82) is 0 Å². The highest BCUT2D eigenvalue weighted by Gasteiger charge is 2.33. The first-order chi connectivity index (χ1) is 5.34. The summed E-state index contributed by atoms with van der Waals surface area (Å²) in [5.41, 5.74) is 5.97. The van der Waals surface area contributed by atoms with Crippen molar-refractivity contribution in [2.75, 3.05) is 0 Å². The molecule has 2 bridgehead atoms. The molecule has 0 heterocycles. The number of hydrogen-bond acceptors (Lipinski definition) is 1. The minimum Gasteiger partial charge on any atom is -0.328 e. The molecule has 0 amide bonds. The van der Waals surface area contributed by atoms with E-state index in [1.807, 2.05) is 0 Å². The molecule has 2 aliphatic carbocycles. The fourth-order valence-corrected chi connectivity index (χ4v) is 2.72. The SMILES string of the molecule is N[C@H]1C[C@@H]2[CH+]CCC[C@H](C1)C2. The Labute approximate surface area is 69.4 Å². The Morgan fingerprint density at radius 3 is 3.00 bits per heavy atom. The Morgan fingerprint density at radius 2 is 2.09 bits per heavy atom. The van der Waals surface area contributed by atoms with E-state index >= 15 is 0 Å². The second-order valence-corrected chi connectivity index (χ2v) is 4.26. The third kappa shape index (κ3) is 1.70. The normalized spacial score (nSPS) is 44.3. The Kier molecular flexibility index (Phi) is 2.08. The molecule has 11 heavy (non-hydrogen) atoms. The van der Waals surface area contributed by atoms with Gasteiger partial charge in [-0.2, -0.15) is 0 Å². The van der Waals surface area contributed by atoms with Crippen LogP contribution in [0, 0.1) is 18.3 Å². The van der Waals surface area contributed by atoms with E-state index in [4.69, 9.17) is 5.73 Å². The third-order valence-electron chi connectivity index (χ3n) is 3.19. The molecular formula is C10H18N+. The maximum Gasteiger partial charge on any atom is 0.0995 e. The van der Waals surface area contributed by atoms with Gasteiger partial charge < -0.3 is 5.73 Å². The van der Waals surface area contributed by atoms with Gasteiger partial charge in [-0.25, -0.2) is 0 Å². The Morgan fingerprint density at radius 1 is 1.18 bits per heavy atom. The zero-order valence-corrected chi connectivity index (χ0v) is 7.13. The number of fused-ring (bicyclic) bond motifs is 2. The van der Waals surface area contributed by atoms with Crippen LogP contribution in [0.1, 0.15) is 38.5 Å². The topological polar surface area (TPSA) is 26.0 Å². The van der Waals surface area contributed by atoms with Gasteiger partial charge >= 0.3 is 0 Å². The zero-order chi connectivity index (χ0) is 7.68. The van der Waals surface area contributed by atoms with Crippen LogP contribution in [0.25, 0.3) is 0 Å². The second kappa shape index (κ2) is 3.06. The van der Waals surface area contributed by atoms with E-state index in [-0.39, 0.29) is 0 Å². The van der Waals surface area contributed by atoms with Crippen molar-refractivity contribution in [3.8, 4) is 0 Å². The molecule has 0 radical (unpaired) electrons. The van der Waals surface area contributed by atoms with Crippen LogP contribution >= 0.6 is 0 Å². The van der Waals surface area contributed by atoms with Gasteiger partial charge in [-0.1, -0.05) is 0 Å². The molecule has 0 aromatic carbocycles. The lowest BCUT2D eigenvalue weighted by molar-refractivity contribution is 0.265. The van der Waals surface area contributed by atoms with Crippen LogP contribution in [0.2, 0.25) is 0 Å². The van der Waals surface area contributed by atoms with Crippen molar-refractivity contribution >= 4 is 0 Å². The second-order valence-electron chi connectivity index (χ2n) is 4.26. The van der Waals surface area contributed by atoms with Gasteiger partial charge in [0.25, 0.3) is 0 Å². The molecule has 0 aliphatic heterocycles. The first-order valence-corrected chi connectivity index (χ1v) is 4.93. The summed E-state index contributed by atoms with van der Waals surface area (Å²) < 4.78 is 0.